The van der Waals surface area contributed by atoms with Gasteiger partial charge in [-0.25, -0.2) is 16.8 Å². The van der Waals surface area contributed by atoms with Gasteiger partial charge < -0.3 is 33.5 Å². The molecule has 0 saturated heterocycles. The summed E-state index contributed by atoms with van der Waals surface area (Å²) in [6, 6.07) is 46.7. The first-order valence-electron chi connectivity index (χ1n) is 30.1. The summed E-state index contributed by atoms with van der Waals surface area (Å²) < 4.78 is 109. The van der Waals surface area contributed by atoms with E-state index in [2.05, 4.69) is 206 Å². The summed E-state index contributed by atoms with van der Waals surface area (Å²) >= 11 is 0. The molecular formula is C64H92F6N7O4S2-. The zero-order chi connectivity index (χ0) is 61.1. The Hall–Kier alpha value is -5.66. The lowest BCUT2D eigenvalue weighted by Gasteiger charge is -2.31. The molecule has 5 aromatic rings. The number of halogens is 6. The molecule has 0 aromatic heterocycles. The van der Waals surface area contributed by atoms with Crippen molar-refractivity contribution < 1.29 is 43.2 Å². The van der Waals surface area contributed by atoms with Crippen LogP contribution in [0.4, 0.5) is 83.2 Å². The normalized spacial score (nSPS) is 11.9. The summed E-state index contributed by atoms with van der Waals surface area (Å²) in [6.45, 7) is 27.1. The topological polar surface area (TPSA) is 102 Å². The maximum Gasteiger partial charge on any atom is 0.480 e. The molecule has 0 saturated carbocycles. The fraction of sp³-hybridized carbons (Fsp3) is 0.531. The number of alkyl halides is 6. The molecule has 11 nitrogen and oxygen atoms in total. The molecule has 0 aliphatic heterocycles. The highest BCUT2D eigenvalue weighted by molar-refractivity contribution is 8.13. The van der Waals surface area contributed by atoms with E-state index in [-0.39, 0.29) is 0 Å². The monoisotopic (exact) mass is 1200 g/mol. The van der Waals surface area contributed by atoms with Crippen LogP contribution >= 0.6 is 0 Å². The number of sulfonamides is 2. The third-order valence-electron chi connectivity index (χ3n) is 14.3. The summed E-state index contributed by atoms with van der Waals surface area (Å²) in [5.74, 6) is 0. The molecule has 0 fully saturated rings. The van der Waals surface area contributed by atoms with Gasteiger partial charge in [0.2, 0.25) is 0 Å². The van der Waals surface area contributed by atoms with Crippen molar-refractivity contribution in [2.75, 3.05) is 81.8 Å². The van der Waals surface area contributed by atoms with Gasteiger partial charge in [0, 0.05) is 109 Å². The van der Waals surface area contributed by atoms with Crippen LogP contribution in [-0.2, 0) is 20.0 Å². The average molecular weight is 1200 g/mol. The van der Waals surface area contributed by atoms with E-state index in [9.17, 15) is 43.2 Å². The van der Waals surface area contributed by atoms with Crippen molar-refractivity contribution in [3.8, 4) is 0 Å². The Morgan fingerprint density at radius 2 is 0.410 bits per heavy atom. The SMILES string of the molecule is CCCCN(CCCC)c1ccc(N(c2ccc(N(CCCC)CCCC)cc2)c2ccc(N(c3ccc(N(CCCC)CCCC)cc3)c3ccc(N(CCCC)CCCC)cc3)cc2)cc1.O=S(=O)([N-]S(=O)(=O)C(F)(F)F)C(F)(F)F. The highest BCUT2D eigenvalue weighted by Gasteiger charge is 2.47. The number of unbranched alkanes of at least 4 members (excludes halogenated alkanes) is 8. The van der Waals surface area contributed by atoms with Crippen LogP contribution in [0, 0.1) is 0 Å². The molecule has 0 unspecified atom stereocenters. The van der Waals surface area contributed by atoms with Gasteiger partial charge in [0.25, 0.3) is 0 Å². The van der Waals surface area contributed by atoms with Crippen LogP contribution in [0.3, 0.4) is 0 Å². The zero-order valence-electron chi connectivity index (χ0n) is 50.4. The van der Waals surface area contributed by atoms with Gasteiger partial charge in [0.05, 0.1) is 0 Å². The van der Waals surface area contributed by atoms with Crippen LogP contribution in [0.2, 0.25) is 0 Å². The number of anilines is 10. The lowest BCUT2D eigenvalue weighted by molar-refractivity contribution is -0.0444. The van der Waals surface area contributed by atoms with Crippen LogP contribution in [0.1, 0.15) is 158 Å². The summed E-state index contributed by atoms with van der Waals surface area (Å²) in [6.07, 6.45) is 19.3. The highest BCUT2D eigenvalue weighted by Crippen LogP contribution is 2.42. The zero-order valence-corrected chi connectivity index (χ0v) is 52.0. The molecule has 0 aliphatic carbocycles. The number of benzene rings is 5. The summed E-state index contributed by atoms with van der Waals surface area (Å²) in [5, 5.41) is 0. The van der Waals surface area contributed by atoms with E-state index in [1.807, 2.05) is 0 Å². The molecule has 83 heavy (non-hydrogen) atoms. The molecule has 0 N–H and O–H groups in total. The van der Waals surface area contributed by atoms with E-state index in [0.717, 1.165) is 67.9 Å². The van der Waals surface area contributed by atoms with Crippen molar-refractivity contribution in [1.82, 2.24) is 0 Å². The molecule has 5 rings (SSSR count). The minimum Gasteiger partial charge on any atom is -0.421 e. The lowest BCUT2D eigenvalue weighted by Crippen LogP contribution is -2.30. The Labute approximate surface area is 494 Å². The number of hydrogen-bond donors (Lipinski definition) is 0. The second-order valence-electron chi connectivity index (χ2n) is 20.9. The molecule has 0 bridgehead atoms. The van der Waals surface area contributed by atoms with E-state index in [0.29, 0.717) is 0 Å². The molecule has 0 spiro atoms. The van der Waals surface area contributed by atoms with E-state index in [4.69, 9.17) is 0 Å². The molecular weight excluding hydrogens is 1110 g/mol. The molecule has 0 radical (unpaired) electrons. The van der Waals surface area contributed by atoms with E-state index in [1.54, 1.807) is 0 Å². The van der Waals surface area contributed by atoms with Crippen molar-refractivity contribution in [2.45, 2.75) is 169 Å². The standard InChI is InChI=1S/C62H92N6.C2F6NO4S2/c1-9-17-45-63(46-18-10-2)53-25-33-57(34-26-53)67(58-35-27-54(28-36-58)64(47-19-11-3)48-20-12-4)61-41-43-62(44-42-61)68(59-37-29-55(30-38-59)65(49-21-13-5)50-22-14-6)60-39-31-56(32-40-60)66(51-23-15-7)52-24-16-8;3-1(4,5)14(10,11)9-15(12,13)2(6,7)8/h25-44H,9-24,45-52H2,1-8H3;/q;-1. The summed E-state index contributed by atoms with van der Waals surface area (Å²) in [5.41, 5.74) is -0.179. The largest absolute Gasteiger partial charge is 0.480 e. The van der Waals surface area contributed by atoms with Crippen molar-refractivity contribution in [3.63, 3.8) is 0 Å². The van der Waals surface area contributed by atoms with Crippen LogP contribution < -0.4 is 29.4 Å². The molecule has 5 aromatic carbocycles. The minimum atomic E-state index is -6.72. The van der Waals surface area contributed by atoms with Crippen LogP contribution in [0.25, 0.3) is 4.13 Å². The quantitative estimate of drug-likeness (QED) is 0.0360. The smallest absolute Gasteiger partial charge is 0.421 e. The molecule has 0 aliphatic rings. The fourth-order valence-electron chi connectivity index (χ4n) is 9.38. The van der Waals surface area contributed by atoms with Gasteiger partial charge in [-0.15, -0.1) is 0 Å². The first kappa shape index (κ1) is 69.8. The predicted octanol–water partition coefficient (Wildman–Crippen LogP) is 19.3. The Balaban J connectivity index is 0.000000861. The lowest BCUT2D eigenvalue weighted by atomic mass is 10.1. The maximum absolute atomic E-state index is 11.4. The maximum atomic E-state index is 11.4. The van der Waals surface area contributed by atoms with Crippen LogP contribution in [0.15, 0.2) is 121 Å². The second-order valence-corrected chi connectivity index (χ2v) is 24.4. The van der Waals surface area contributed by atoms with Gasteiger partial charge in [-0.05, 0) is 173 Å². The summed E-state index contributed by atoms with van der Waals surface area (Å²) in [7, 11) is -13.4. The van der Waals surface area contributed by atoms with E-state index >= 15 is 0 Å². The van der Waals surface area contributed by atoms with Gasteiger partial charge in [0.15, 0.2) is 20.0 Å². The van der Waals surface area contributed by atoms with Crippen molar-refractivity contribution >= 4 is 76.9 Å². The van der Waals surface area contributed by atoms with Gasteiger partial charge in [-0.2, -0.15) is 26.3 Å². The Morgan fingerprint density at radius 3 is 0.530 bits per heavy atom. The first-order chi connectivity index (χ1) is 39.6. The average Bonchev–Trinajstić information content (AvgIpc) is 3.55. The van der Waals surface area contributed by atoms with Gasteiger partial charge in [-0.3, -0.25) is 0 Å². The molecule has 0 amide bonds. The molecule has 0 atom stereocenters. The summed E-state index contributed by atoms with van der Waals surface area (Å²) in [4.78, 5) is 15.2. The number of hydrogen-bond acceptors (Lipinski definition) is 10. The number of rotatable bonds is 36. The van der Waals surface area contributed by atoms with Crippen molar-refractivity contribution in [3.05, 3.63) is 125 Å². The highest BCUT2D eigenvalue weighted by atomic mass is 32.3. The minimum absolute atomic E-state index is 0.778. The number of nitrogens with zero attached hydrogens (tertiary/aromatic N) is 7. The van der Waals surface area contributed by atoms with Crippen molar-refractivity contribution in [2.24, 2.45) is 0 Å². The third kappa shape index (κ3) is 21.4. The van der Waals surface area contributed by atoms with Crippen LogP contribution in [0.5, 0.6) is 0 Å². The van der Waals surface area contributed by atoms with E-state index in [1.165, 1.54) is 148 Å². The third-order valence-corrected chi connectivity index (χ3v) is 17.0. The van der Waals surface area contributed by atoms with Gasteiger partial charge >= 0.3 is 11.0 Å². The molecule has 462 valence electrons. The Morgan fingerprint density at radius 1 is 0.277 bits per heavy atom. The van der Waals surface area contributed by atoms with Crippen molar-refractivity contribution in [1.29, 1.82) is 0 Å². The Bertz CT molecular complexity index is 2460. The molecule has 0 heterocycles. The van der Waals surface area contributed by atoms with Gasteiger partial charge in [-0.1, -0.05) is 107 Å². The second kappa shape index (κ2) is 35.0. The van der Waals surface area contributed by atoms with E-state index < -0.39 is 31.1 Å². The van der Waals surface area contributed by atoms with Gasteiger partial charge in [0.1, 0.15) is 0 Å². The Kier molecular flexibility index (Phi) is 29.4. The molecule has 19 heteroatoms. The fourth-order valence-corrected chi connectivity index (χ4v) is 11.1. The van der Waals surface area contributed by atoms with Crippen LogP contribution in [-0.4, -0.2) is 80.2 Å². The first-order valence-corrected chi connectivity index (χ1v) is 33.0. The predicted molar refractivity (Wildman–Crippen MR) is 337 cm³/mol.